The molecule has 0 radical (unpaired) electrons. The Morgan fingerprint density at radius 3 is 2.64 bits per heavy atom. The molecule has 0 bridgehead atoms. The first-order valence-corrected chi connectivity index (χ1v) is 2.83. The first kappa shape index (κ1) is 9.35. The predicted octanol–water partition coefficient (Wildman–Crippen LogP) is -0.607. The van der Waals surface area contributed by atoms with Gasteiger partial charge in [0.1, 0.15) is 6.54 Å². The quantitative estimate of drug-likeness (QED) is 0.374. The van der Waals surface area contributed by atoms with E-state index in [1.165, 1.54) is 6.08 Å². The first-order chi connectivity index (χ1) is 5.16. The molecule has 0 aromatic heterocycles. The van der Waals surface area contributed by atoms with Crippen molar-refractivity contribution in [3.63, 3.8) is 0 Å². The lowest BCUT2D eigenvalue weighted by molar-refractivity contribution is -0.137. The summed E-state index contributed by atoms with van der Waals surface area (Å²) in [5.74, 6) is -1.61. The van der Waals surface area contributed by atoms with Gasteiger partial charge in [-0.1, -0.05) is 0 Å². The Bertz CT molecular complexity index is 198. The van der Waals surface area contributed by atoms with E-state index in [1.807, 2.05) is 0 Å². The number of carbonyl (C=O) groups excluding carboxylic acids is 1. The third kappa shape index (κ3) is 6.23. The third-order valence-corrected chi connectivity index (χ3v) is 0.758. The molecule has 0 rings (SSSR count). The smallest absolute Gasteiger partial charge is 0.322 e. The fraction of sp³-hybridized carbons (Fsp3) is 0.167. The maximum atomic E-state index is 10.5. The van der Waals surface area contributed by atoms with Gasteiger partial charge in [0.2, 0.25) is 5.91 Å². The highest BCUT2D eigenvalue weighted by molar-refractivity contribution is 5.92. The molecule has 1 amide bonds. The number of rotatable bonds is 4. The summed E-state index contributed by atoms with van der Waals surface area (Å²) < 4.78 is 0. The van der Waals surface area contributed by atoms with Crippen molar-refractivity contribution in [2.24, 2.45) is 0 Å². The van der Waals surface area contributed by atoms with Gasteiger partial charge in [-0.05, 0) is 6.08 Å². The average Bonchev–Trinajstić information content (AvgIpc) is 1.97. The molecule has 0 fully saturated rings. The van der Waals surface area contributed by atoms with Crippen LogP contribution in [0.1, 0.15) is 0 Å². The summed E-state index contributed by atoms with van der Waals surface area (Å²) in [6, 6.07) is 0. The standard InChI is InChI=1S/C6H8N2O3/c7-3-1-2-5(9)8-4-6(10)11/h1-3,7H,4H2,(H,8,9)(H,10,11)/b2-1-,7-3?. The van der Waals surface area contributed by atoms with Crippen LogP contribution >= 0.6 is 0 Å². The number of carbonyl (C=O) groups is 2. The van der Waals surface area contributed by atoms with Crippen molar-refractivity contribution in [1.82, 2.24) is 5.32 Å². The van der Waals surface area contributed by atoms with Crippen LogP contribution in [0, 0.1) is 5.41 Å². The molecule has 5 heteroatoms. The molecule has 0 aliphatic carbocycles. The molecule has 0 saturated carbocycles. The van der Waals surface area contributed by atoms with Crippen LogP contribution in [0.5, 0.6) is 0 Å². The van der Waals surface area contributed by atoms with E-state index in [0.717, 1.165) is 12.3 Å². The molecule has 0 heterocycles. The van der Waals surface area contributed by atoms with Crippen LogP contribution in [-0.2, 0) is 9.59 Å². The topological polar surface area (TPSA) is 90.3 Å². The van der Waals surface area contributed by atoms with E-state index in [9.17, 15) is 9.59 Å². The van der Waals surface area contributed by atoms with Crippen molar-refractivity contribution < 1.29 is 14.7 Å². The van der Waals surface area contributed by atoms with Crippen molar-refractivity contribution in [3.8, 4) is 0 Å². The lowest BCUT2D eigenvalue weighted by Gasteiger charge is -1.94. The maximum Gasteiger partial charge on any atom is 0.322 e. The molecular formula is C6H8N2O3. The summed E-state index contributed by atoms with van der Waals surface area (Å²) in [6.45, 7) is -0.402. The fourth-order valence-electron chi connectivity index (χ4n) is 0.357. The molecule has 0 atom stereocenters. The number of allylic oxidation sites excluding steroid dienone is 1. The minimum atomic E-state index is -1.10. The van der Waals surface area contributed by atoms with Crippen LogP contribution in [0.2, 0.25) is 0 Å². The molecule has 0 aliphatic rings. The van der Waals surface area contributed by atoms with E-state index in [2.05, 4.69) is 5.32 Å². The summed E-state index contributed by atoms with van der Waals surface area (Å²) in [5.41, 5.74) is 0. The van der Waals surface area contributed by atoms with E-state index in [0.29, 0.717) is 0 Å². The highest BCUT2D eigenvalue weighted by Gasteiger charge is 1.97. The van der Waals surface area contributed by atoms with Crippen molar-refractivity contribution in [1.29, 1.82) is 5.41 Å². The zero-order valence-corrected chi connectivity index (χ0v) is 5.70. The Labute approximate surface area is 63.2 Å². The number of carboxylic acid groups (broad SMARTS) is 1. The van der Waals surface area contributed by atoms with Gasteiger partial charge in [0, 0.05) is 12.3 Å². The summed E-state index contributed by atoms with van der Waals surface area (Å²) in [6.07, 6.45) is 3.22. The van der Waals surface area contributed by atoms with Crippen molar-refractivity contribution in [2.45, 2.75) is 0 Å². The summed E-state index contributed by atoms with van der Waals surface area (Å²) in [7, 11) is 0. The van der Waals surface area contributed by atoms with Crippen LogP contribution < -0.4 is 5.32 Å². The SMILES string of the molecule is N=C/C=C\C(=O)NCC(=O)O. The highest BCUT2D eigenvalue weighted by Crippen LogP contribution is 1.69. The Morgan fingerprint density at radius 2 is 2.18 bits per heavy atom. The summed E-state index contributed by atoms with van der Waals surface area (Å²) in [4.78, 5) is 20.4. The lowest BCUT2D eigenvalue weighted by Crippen LogP contribution is -2.27. The Morgan fingerprint density at radius 1 is 1.55 bits per heavy atom. The van der Waals surface area contributed by atoms with E-state index < -0.39 is 18.4 Å². The Kier molecular flexibility index (Phi) is 4.39. The normalized spacial score (nSPS) is 9.45. The second-order valence-electron chi connectivity index (χ2n) is 1.64. The largest absolute Gasteiger partial charge is 0.480 e. The van der Waals surface area contributed by atoms with Gasteiger partial charge in [0.15, 0.2) is 0 Å². The Balaban J connectivity index is 3.61. The van der Waals surface area contributed by atoms with E-state index in [1.54, 1.807) is 0 Å². The van der Waals surface area contributed by atoms with Crippen molar-refractivity contribution in [3.05, 3.63) is 12.2 Å². The molecule has 0 spiro atoms. The predicted molar refractivity (Wildman–Crippen MR) is 38.6 cm³/mol. The minimum Gasteiger partial charge on any atom is -0.480 e. The molecular weight excluding hydrogens is 148 g/mol. The molecule has 0 saturated heterocycles. The second-order valence-corrected chi connectivity index (χ2v) is 1.64. The highest BCUT2D eigenvalue weighted by atomic mass is 16.4. The van der Waals surface area contributed by atoms with Gasteiger partial charge in [0.05, 0.1) is 0 Å². The number of hydrogen-bond donors (Lipinski definition) is 3. The first-order valence-electron chi connectivity index (χ1n) is 2.83. The molecule has 3 N–H and O–H groups in total. The van der Waals surface area contributed by atoms with Crippen LogP contribution in [0.4, 0.5) is 0 Å². The van der Waals surface area contributed by atoms with Crippen LogP contribution in [0.3, 0.4) is 0 Å². The van der Waals surface area contributed by atoms with Gasteiger partial charge in [-0.15, -0.1) is 0 Å². The summed E-state index contributed by atoms with van der Waals surface area (Å²) >= 11 is 0. The number of amides is 1. The third-order valence-electron chi connectivity index (χ3n) is 0.758. The maximum absolute atomic E-state index is 10.5. The zero-order chi connectivity index (χ0) is 8.69. The number of hydrogen-bond acceptors (Lipinski definition) is 3. The number of aliphatic carboxylic acids is 1. The lowest BCUT2D eigenvalue weighted by atomic mass is 10.5. The van der Waals surface area contributed by atoms with E-state index in [4.69, 9.17) is 10.5 Å². The summed E-state index contributed by atoms with van der Waals surface area (Å²) in [5, 5.41) is 16.7. The molecule has 0 aliphatic heterocycles. The number of nitrogens with one attached hydrogen (secondary N) is 2. The average molecular weight is 156 g/mol. The van der Waals surface area contributed by atoms with E-state index >= 15 is 0 Å². The second kappa shape index (κ2) is 5.16. The van der Waals surface area contributed by atoms with Crippen LogP contribution in [-0.4, -0.2) is 29.7 Å². The van der Waals surface area contributed by atoms with E-state index in [-0.39, 0.29) is 0 Å². The molecule has 60 valence electrons. The molecule has 0 unspecified atom stereocenters. The molecule has 0 aromatic rings. The van der Waals surface area contributed by atoms with Crippen molar-refractivity contribution in [2.75, 3.05) is 6.54 Å². The van der Waals surface area contributed by atoms with Gasteiger partial charge in [-0.3, -0.25) is 9.59 Å². The zero-order valence-electron chi connectivity index (χ0n) is 5.70. The number of carboxylic acids is 1. The van der Waals surface area contributed by atoms with Gasteiger partial charge in [0.25, 0.3) is 0 Å². The minimum absolute atomic E-state index is 0.402. The van der Waals surface area contributed by atoms with Crippen LogP contribution in [0.15, 0.2) is 12.2 Å². The van der Waals surface area contributed by atoms with Gasteiger partial charge in [-0.25, -0.2) is 0 Å². The molecule has 11 heavy (non-hydrogen) atoms. The van der Waals surface area contributed by atoms with Gasteiger partial charge >= 0.3 is 5.97 Å². The van der Waals surface area contributed by atoms with Gasteiger partial charge in [-0.2, -0.15) is 0 Å². The van der Waals surface area contributed by atoms with Gasteiger partial charge < -0.3 is 15.8 Å². The monoisotopic (exact) mass is 156 g/mol. The Hall–Kier alpha value is -1.65. The fourth-order valence-corrected chi connectivity index (χ4v) is 0.357. The molecule has 0 aromatic carbocycles. The van der Waals surface area contributed by atoms with Crippen molar-refractivity contribution >= 4 is 18.1 Å². The van der Waals surface area contributed by atoms with Crippen LogP contribution in [0.25, 0.3) is 0 Å². The molecule has 5 nitrogen and oxygen atoms in total.